The number of methoxy groups -OCH3 is 1. The van der Waals surface area contributed by atoms with E-state index in [-0.39, 0.29) is 11.9 Å². The molecule has 1 N–H and O–H groups in total. The molecule has 0 spiro atoms. The molecule has 28 heavy (non-hydrogen) atoms. The number of amides is 1. The van der Waals surface area contributed by atoms with Crippen LogP contribution in [0.2, 0.25) is 0 Å². The molecule has 1 aromatic carbocycles. The van der Waals surface area contributed by atoms with Crippen molar-refractivity contribution in [1.29, 1.82) is 0 Å². The number of thiophene rings is 1. The van der Waals surface area contributed by atoms with Crippen LogP contribution in [-0.2, 0) is 0 Å². The molecule has 1 atom stereocenters. The number of carbonyl (C=O) groups excluding carboxylic acids is 1. The van der Waals surface area contributed by atoms with E-state index in [1.54, 1.807) is 25.6 Å². The van der Waals surface area contributed by atoms with Crippen LogP contribution in [0.15, 0.2) is 54.9 Å². The summed E-state index contributed by atoms with van der Waals surface area (Å²) in [6.07, 6.45) is 5.41. The molecule has 1 aliphatic rings. The number of hydrogen-bond donors (Lipinski definition) is 1. The lowest BCUT2D eigenvalue weighted by Gasteiger charge is -2.33. The first-order valence-corrected chi connectivity index (χ1v) is 10.1. The highest BCUT2D eigenvalue weighted by Gasteiger charge is 2.25. The number of rotatable bonds is 5. The van der Waals surface area contributed by atoms with Crippen LogP contribution >= 0.6 is 11.3 Å². The maximum Gasteiger partial charge on any atom is 0.265 e. The molecular formula is C21H22N4O2S. The smallest absolute Gasteiger partial charge is 0.265 e. The zero-order chi connectivity index (χ0) is 19.3. The average Bonchev–Trinajstić information content (AvgIpc) is 3.20. The zero-order valence-corrected chi connectivity index (χ0v) is 16.5. The number of nitrogens with zero attached hydrogens (tertiary/aromatic N) is 3. The SMILES string of the molecule is COc1cc(-c2ccccc2)sc1C(=O)N[C@@H]1CCCN(c2ncccn2)C1. The van der Waals surface area contributed by atoms with E-state index in [0.29, 0.717) is 23.1 Å². The van der Waals surface area contributed by atoms with E-state index in [4.69, 9.17) is 4.74 Å². The van der Waals surface area contributed by atoms with Gasteiger partial charge in [-0.3, -0.25) is 4.79 Å². The number of ether oxygens (including phenoxy) is 1. The van der Waals surface area contributed by atoms with Crippen molar-refractivity contribution in [3.63, 3.8) is 0 Å². The Labute approximate surface area is 168 Å². The minimum Gasteiger partial charge on any atom is -0.495 e. The largest absolute Gasteiger partial charge is 0.495 e. The lowest BCUT2D eigenvalue weighted by Crippen LogP contribution is -2.48. The summed E-state index contributed by atoms with van der Waals surface area (Å²) in [5.41, 5.74) is 1.08. The molecule has 2 aromatic heterocycles. The van der Waals surface area contributed by atoms with Crippen molar-refractivity contribution in [2.75, 3.05) is 25.1 Å². The van der Waals surface area contributed by atoms with E-state index in [2.05, 4.69) is 20.2 Å². The van der Waals surface area contributed by atoms with Gasteiger partial charge in [-0.2, -0.15) is 0 Å². The Kier molecular flexibility index (Phi) is 5.53. The van der Waals surface area contributed by atoms with Gasteiger partial charge in [-0.15, -0.1) is 11.3 Å². The molecule has 7 heteroatoms. The summed E-state index contributed by atoms with van der Waals surface area (Å²) < 4.78 is 5.47. The van der Waals surface area contributed by atoms with Gasteiger partial charge in [-0.25, -0.2) is 9.97 Å². The van der Waals surface area contributed by atoms with Gasteiger partial charge >= 0.3 is 0 Å². The van der Waals surface area contributed by atoms with Gasteiger partial charge in [0.25, 0.3) is 5.91 Å². The molecular weight excluding hydrogens is 372 g/mol. The highest BCUT2D eigenvalue weighted by molar-refractivity contribution is 7.17. The number of aromatic nitrogens is 2. The summed E-state index contributed by atoms with van der Waals surface area (Å²) in [5.74, 6) is 1.23. The van der Waals surface area contributed by atoms with Gasteiger partial charge in [0.15, 0.2) is 0 Å². The van der Waals surface area contributed by atoms with E-state index < -0.39 is 0 Å². The van der Waals surface area contributed by atoms with Crippen molar-refractivity contribution < 1.29 is 9.53 Å². The second-order valence-electron chi connectivity index (χ2n) is 6.68. The predicted octanol–water partition coefficient (Wildman–Crippen LogP) is 3.61. The third-order valence-electron chi connectivity index (χ3n) is 4.77. The summed E-state index contributed by atoms with van der Waals surface area (Å²) in [5, 5.41) is 3.17. The van der Waals surface area contributed by atoms with Crippen LogP contribution in [0.3, 0.4) is 0 Å². The van der Waals surface area contributed by atoms with Crippen molar-refractivity contribution in [1.82, 2.24) is 15.3 Å². The molecule has 3 aromatic rings. The van der Waals surface area contributed by atoms with Crippen molar-refractivity contribution in [2.24, 2.45) is 0 Å². The fourth-order valence-corrected chi connectivity index (χ4v) is 4.45. The summed E-state index contributed by atoms with van der Waals surface area (Å²) >= 11 is 1.46. The Morgan fingerprint density at radius 3 is 2.75 bits per heavy atom. The van der Waals surface area contributed by atoms with Gasteiger partial charge < -0.3 is 15.0 Å². The van der Waals surface area contributed by atoms with E-state index in [1.165, 1.54) is 11.3 Å². The number of anilines is 1. The highest BCUT2D eigenvalue weighted by atomic mass is 32.1. The van der Waals surface area contributed by atoms with Crippen LogP contribution in [0.25, 0.3) is 10.4 Å². The van der Waals surface area contributed by atoms with Crippen molar-refractivity contribution >= 4 is 23.2 Å². The van der Waals surface area contributed by atoms with Crippen LogP contribution in [0.1, 0.15) is 22.5 Å². The zero-order valence-electron chi connectivity index (χ0n) is 15.7. The van der Waals surface area contributed by atoms with Crippen molar-refractivity contribution in [2.45, 2.75) is 18.9 Å². The first-order chi connectivity index (χ1) is 13.7. The molecule has 1 amide bonds. The molecule has 4 rings (SSSR count). The molecule has 1 fully saturated rings. The molecule has 1 aliphatic heterocycles. The predicted molar refractivity (Wildman–Crippen MR) is 111 cm³/mol. The maximum atomic E-state index is 12.9. The molecule has 0 radical (unpaired) electrons. The molecule has 0 unspecified atom stereocenters. The number of hydrogen-bond acceptors (Lipinski definition) is 6. The van der Waals surface area contributed by atoms with Crippen molar-refractivity contribution in [3.05, 3.63) is 59.7 Å². The van der Waals surface area contributed by atoms with Gasteiger partial charge in [0.05, 0.1) is 7.11 Å². The maximum absolute atomic E-state index is 12.9. The number of benzene rings is 1. The standard InChI is InChI=1S/C21H22N4O2S/c1-27-17-13-18(15-7-3-2-4-8-15)28-19(17)20(26)24-16-9-5-12-25(14-16)21-22-10-6-11-23-21/h2-4,6-8,10-11,13,16H,5,9,12,14H2,1H3,(H,24,26)/t16-/m1/s1. The molecule has 144 valence electrons. The third kappa shape index (κ3) is 3.99. The van der Waals surface area contributed by atoms with Gasteiger partial charge in [0.2, 0.25) is 5.95 Å². The Morgan fingerprint density at radius 1 is 1.21 bits per heavy atom. The molecule has 6 nitrogen and oxygen atoms in total. The average molecular weight is 395 g/mol. The molecule has 0 aliphatic carbocycles. The van der Waals surface area contributed by atoms with E-state index in [1.807, 2.05) is 36.4 Å². The Balaban J connectivity index is 1.48. The third-order valence-corrected chi connectivity index (χ3v) is 5.94. The van der Waals surface area contributed by atoms with Crippen LogP contribution < -0.4 is 15.0 Å². The molecule has 0 saturated carbocycles. The Morgan fingerprint density at radius 2 is 2.00 bits per heavy atom. The first kappa shape index (κ1) is 18.4. The first-order valence-electron chi connectivity index (χ1n) is 9.30. The van der Waals surface area contributed by atoms with Crippen LogP contribution in [0.5, 0.6) is 5.75 Å². The lowest BCUT2D eigenvalue weighted by molar-refractivity contribution is 0.0934. The van der Waals surface area contributed by atoms with E-state index >= 15 is 0 Å². The topological polar surface area (TPSA) is 67.3 Å². The van der Waals surface area contributed by atoms with Gasteiger partial charge in [0, 0.05) is 36.4 Å². The fraction of sp³-hybridized carbons (Fsp3) is 0.286. The number of nitrogens with one attached hydrogen (secondary N) is 1. The second kappa shape index (κ2) is 8.39. The van der Waals surface area contributed by atoms with E-state index in [9.17, 15) is 4.79 Å². The highest BCUT2D eigenvalue weighted by Crippen LogP contribution is 2.36. The minimum atomic E-state index is -0.0927. The monoisotopic (exact) mass is 394 g/mol. The van der Waals surface area contributed by atoms with E-state index in [0.717, 1.165) is 29.8 Å². The minimum absolute atomic E-state index is 0.0528. The van der Waals surface area contributed by atoms with Crippen LogP contribution in [-0.4, -0.2) is 42.1 Å². The Bertz CT molecular complexity index is 930. The summed E-state index contributed by atoms with van der Waals surface area (Å²) in [6, 6.07) is 13.8. The summed E-state index contributed by atoms with van der Waals surface area (Å²) in [4.78, 5) is 25.3. The molecule has 0 bridgehead atoms. The number of carbonyl (C=O) groups is 1. The van der Waals surface area contributed by atoms with Gasteiger partial charge in [0.1, 0.15) is 10.6 Å². The van der Waals surface area contributed by atoms with Crippen LogP contribution in [0.4, 0.5) is 5.95 Å². The fourth-order valence-electron chi connectivity index (χ4n) is 3.41. The Hall–Kier alpha value is -2.93. The van der Waals surface area contributed by atoms with Gasteiger partial charge in [-0.1, -0.05) is 30.3 Å². The summed E-state index contributed by atoms with van der Waals surface area (Å²) in [6.45, 7) is 1.60. The van der Waals surface area contributed by atoms with Crippen LogP contribution in [0, 0.1) is 0 Å². The molecule has 3 heterocycles. The lowest BCUT2D eigenvalue weighted by atomic mass is 10.1. The quantitative estimate of drug-likeness (QED) is 0.716. The summed E-state index contributed by atoms with van der Waals surface area (Å²) in [7, 11) is 1.60. The number of piperidine rings is 1. The van der Waals surface area contributed by atoms with Crippen molar-refractivity contribution in [3.8, 4) is 16.2 Å². The second-order valence-corrected chi connectivity index (χ2v) is 7.73. The molecule has 1 saturated heterocycles. The van der Waals surface area contributed by atoms with Gasteiger partial charge in [-0.05, 0) is 30.5 Å². The normalized spacial score (nSPS) is 16.6.